The molecule has 1 aliphatic heterocycles. The highest BCUT2D eigenvalue weighted by Crippen LogP contribution is 2.20. The SMILES string of the molecule is Cc1ccc(C(=O)NC(=NCC2CCCO2)Nc2ccc(Cl)cc2C)cc1C. The van der Waals surface area contributed by atoms with E-state index in [0.717, 1.165) is 41.8 Å². The Labute approximate surface area is 171 Å². The van der Waals surface area contributed by atoms with Crippen molar-refractivity contribution < 1.29 is 9.53 Å². The van der Waals surface area contributed by atoms with E-state index in [1.165, 1.54) is 0 Å². The van der Waals surface area contributed by atoms with Crippen LogP contribution >= 0.6 is 11.6 Å². The molecule has 6 heteroatoms. The van der Waals surface area contributed by atoms with E-state index >= 15 is 0 Å². The van der Waals surface area contributed by atoms with Crippen LogP contribution in [0, 0.1) is 20.8 Å². The first kappa shape index (κ1) is 20.4. The molecule has 1 aliphatic rings. The van der Waals surface area contributed by atoms with Crippen LogP contribution in [0.1, 0.15) is 39.9 Å². The summed E-state index contributed by atoms with van der Waals surface area (Å²) < 4.78 is 5.65. The summed E-state index contributed by atoms with van der Waals surface area (Å²) in [6, 6.07) is 11.2. The van der Waals surface area contributed by atoms with Crippen LogP contribution in [-0.2, 0) is 4.74 Å². The molecule has 0 spiro atoms. The van der Waals surface area contributed by atoms with E-state index in [4.69, 9.17) is 16.3 Å². The summed E-state index contributed by atoms with van der Waals surface area (Å²) in [5.74, 6) is 0.206. The lowest BCUT2D eigenvalue weighted by Gasteiger charge is -2.15. The monoisotopic (exact) mass is 399 g/mol. The lowest BCUT2D eigenvalue weighted by atomic mass is 10.1. The fraction of sp³-hybridized carbons (Fsp3) is 0.364. The van der Waals surface area contributed by atoms with Gasteiger partial charge in [-0.3, -0.25) is 10.1 Å². The molecule has 0 bridgehead atoms. The predicted octanol–water partition coefficient (Wildman–Crippen LogP) is 4.64. The second-order valence-corrected chi connectivity index (χ2v) is 7.60. The van der Waals surface area contributed by atoms with Gasteiger partial charge in [0.15, 0.2) is 0 Å². The van der Waals surface area contributed by atoms with Gasteiger partial charge in [-0.1, -0.05) is 17.7 Å². The lowest BCUT2D eigenvalue weighted by molar-refractivity contribution is 0.0975. The first-order chi connectivity index (χ1) is 13.4. The summed E-state index contributed by atoms with van der Waals surface area (Å²) in [7, 11) is 0. The number of carbonyl (C=O) groups excluding carboxylic acids is 1. The van der Waals surface area contributed by atoms with Crippen LogP contribution < -0.4 is 10.6 Å². The highest BCUT2D eigenvalue weighted by Gasteiger charge is 2.16. The van der Waals surface area contributed by atoms with Gasteiger partial charge in [-0.05, 0) is 80.6 Å². The first-order valence-electron chi connectivity index (χ1n) is 9.50. The summed E-state index contributed by atoms with van der Waals surface area (Å²) in [6.07, 6.45) is 2.14. The number of guanidine groups is 1. The van der Waals surface area contributed by atoms with Gasteiger partial charge in [0, 0.05) is 22.9 Å². The fourth-order valence-electron chi connectivity index (χ4n) is 3.05. The number of rotatable bonds is 4. The number of aliphatic imine (C=N–C) groups is 1. The van der Waals surface area contributed by atoms with Crippen molar-refractivity contribution in [3.63, 3.8) is 0 Å². The summed E-state index contributed by atoms with van der Waals surface area (Å²) in [6.45, 7) is 7.25. The van der Waals surface area contributed by atoms with E-state index in [1.807, 2.05) is 51.1 Å². The van der Waals surface area contributed by atoms with Crippen molar-refractivity contribution in [1.29, 1.82) is 0 Å². The molecule has 0 saturated carbocycles. The summed E-state index contributed by atoms with van der Waals surface area (Å²) in [4.78, 5) is 17.3. The third-order valence-corrected chi connectivity index (χ3v) is 5.15. The molecule has 5 nitrogen and oxygen atoms in total. The van der Waals surface area contributed by atoms with Gasteiger partial charge in [0.2, 0.25) is 5.96 Å². The van der Waals surface area contributed by atoms with Crippen LogP contribution in [-0.4, -0.2) is 31.1 Å². The molecule has 0 radical (unpaired) electrons. The Morgan fingerprint density at radius 3 is 2.64 bits per heavy atom. The van der Waals surface area contributed by atoms with E-state index in [-0.39, 0.29) is 12.0 Å². The number of ether oxygens (including phenoxy) is 1. The van der Waals surface area contributed by atoms with Crippen LogP contribution in [0.25, 0.3) is 0 Å². The smallest absolute Gasteiger partial charge is 0.257 e. The highest BCUT2D eigenvalue weighted by molar-refractivity contribution is 6.30. The number of anilines is 1. The average molecular weight is 400 g/mol. The number of nitrogens with one attached hydrogen (secondary N) is 2. The molecule has 1 fully saturated rings. The highest BCUT2D eigenvalue weighted by atomic mass is 35.5. The van der Waals surface area contributed by atoms with Gasteiger partial charge in [-0.2, -0.15) is 0 Å². The summed E-state index contributed by atoms with van der Waals surface area (Å²) in [5.41, 5.74) is 4.64. The van der Waals surface area contributed by atoms with Crippen molar-refractivity contribution in [2.24, 2.45) is 4.99 Å². The maximum atomic E-state index is 12.8. The number of hydrogen-bond donors (Lipinski definition) is 2. The van der Waals surface area contributed by atoms with Crippen LogP contribution in [0.4, 0.5) is 5.69 Å². The number of hydrogen-bond acceptors (Lipinski definition) is 3. The minimum absolute atomic E-state index is 0.0987. The van der Waals surface area contributed by atoms with Gasteiger partial charge < -0.3 is 10.1 Å². The van der Waals surface area contributed by atoms with Crippen molar-refractivity contribution in [2.75, 3.05) is 18.5 Å². The molecule has 2 aromatic carbocycles. The molecular weight excluding hydrogens is 374 g/mol. The van der Waals surface area contributed by atoms with Crippen LogP contribution in [0.2, 0.25) is 5.02 Å². The van der Waals surface area contributed by atoms with Gasteiger partial charge in [0.05, 0.1) is 12.6 Å². The molecule has 148 valence electrons. The standard InChI is InChI=1S/C22H26ClN3O2/c1-14-6-7-17(11-15(14)2)21(27)26-22(24-13-19-5-4-10-28-19)25-20-9-8-18(23)12-16(20)3/h6-9,11-12,19H,4-5,10,13H2,1-3H3,(H2,24,25,26,27). The van der Waals surface area contributed by atoms with Gasteiger partial charge >= 0.3 is 0 Å². The van der Waals surface area contributed by atoms with Crippen molar-refractivity contribution in [1.82, 2.24) is 5.32 Å². The average Bonchev–Trinajstić information content (AvgIpc) is 3.17. The van der Waals surface area contributed by atoms with E-state index in [9.17, 15) is 4.79 Å². The second kappa shape index (κ2) is 9.22. The lowest BCUT2D eigenvalue weighted by Crippen LogP contribution is -2.37. The number of benzene rings is 2. The quantitative estimate of drug-likeness (QED) is 0.581. The Bertz CT molecular complexity index is 889. The minimum Gasteiger partial charge on any atom is -0.376 e. The molecule has 1 amide bonds. The summed E-state index contributed by atoms with van der Waals surface area (Å²) >= 11 is 6.05. The first-order valence-corrected chi connectivity index (χ1v) is 9.88. The van der Waals surface area contributed by atoms with Crippen LogP contribution in [0.5, 0.6) is 0 Å². The molecule has 28 heavy (non-hydrogen) atoms. The van der Waals surface area contributed by atoms with Gasteiger partial charge in [-0.25, -0.2) is 4.99 Å². The van der Waals surface area contributed by atoms with Gasteiger partial charge in [0.1, 0.15) is 0 Å². The number of amides is 1. The fourth-order valence-corrected chi connectivity index (χ4v) is 3.28. The third kappa shape index (κ3) is 5.33. The van der Waals surface area contributed by atoms with E-state index in [0.29, 0.717) is 23.1 Å². The van der Waals surface area contributed by atoms with E-state index < -0.39 is 0 Å². The topological polar surface area (TPSA) is 62.7 Å². The Hall–Kier alpha value is -2.37. The van der Waals surface area contributed by atoms with E-state index in [2.05, 4.69) is 15.6 Å². The molecule has 1 unspecified atom stereocenters. The Morgan fingerprint density at radius 2 is 1.96 bits per heavy atom. The minimum atomic E-state index is -0.201. The van der Waals surface area contributed by atoms with Crippen LogP contribution in [0.15, 0.2) is 41.4 Å². The Kier molecular flexibility index (Phi) is 6.70. The largest absolute Gasteiger partial charge is 0.376 e. The number of aryl methyl sites for hydroxylation is 3. The van der Waals surface area contributed by atoms with Gasteiger partial charge in [0.25, 0.3) is 5.91 Å². The third-order valence-electron chi connectivity index (χ3n) is 4.92. The van der Waals surface area contributed by atoms with Crippen LogP contribution in [0.3, 0.4) is 0 Å². The van der Waals surface area contributed by atoms with Crippen molar-refractivity contribution in [2.45, 2.75) is 39.7 Å². The predicted molar refractivity (Wildman–Crippen MR) is 114 cm³/mol. The zero-order chi connectivity index (χ0) is 20.1. The van der Waals surface area contributed by atoms with E-state index in [1.54, 1.807) is 6.07 Å². The Morgan fingerprint density at radius 1 is 1.14 bits per heavy atom. The molecule has 1 saturated heterocycles. The Balaban J connectivity index is 1.79. The van der Waals surface area contributed by atoms with Crippen molar-refractivity contribution in [3.8, 4) is 0 Å². The zero-order valence-corrected chi connectivity index (χ0v) is 17.3. The normalized spacial score (nSPS) is 16.9. The number of halogens is 1. The number of nitrogens with zero attached hydrogens (tertiary/aromatic N) is 1. The van der Waals surface area contributed by atoms with Crippen molar-refractivity contribution in [3.05, 3.63) is 63.7 Å². The summed E-state index contributed by atoms with van der Waals surface area (Å²) in [5, 5.41) is 6.80. The maximum absolute atomic E-state index is 12.8. The maximum Gasteiger partial charge on any atom is 0.257 e. The molecule has 1 atom stereocenters. The van der Waals surface area contributed by atoms with Crippen molar-refractivity contribution >= 4 is 29.2 Å². The molecule has 2 aromatic rings. The molecule has 2 N–H and O–H groups in total. The number of carbonyl (C=O) groups is 1. The molecule has 0 aromatic heterocycles. The molecule has 0 aliphatic carbocycles. The zero-order valence-electron chi connectivity index (χ0n) is 16.5. The van der Waals surface area contributed by atoms with Gasteiger partial charge in [-0.15, -0.1) is 0 Å². The molecule has 1 heterocycles. The molecule has 3 rings (SSSR count). The second-order valence-electron chi connectivity index (χ2n) is 7.16. The molecular formula is C22H26ClN3O2.